The van der Waals surface area contributed by atoms with E-state index < -0.39 is 27.6 Å². The van der Waals surface area contributed by atoms with E-state index in [1.165, 1.54) is 24.3 Å². The molecule has 30 heavy (non-hydrogen) atoms. The van der Waals surface area contributed by atoms with Gasteiger partial charge in [-0.15, -0.1) is 0 Å². The zero-order valence-corrected chi connectivity index (χ0v) is 17.2. The highest BCUT2D eigenvalue weighted by molar-refractivity contribution is 7.89. The highest BCUT2D eigenvalue weighted by Crippen LogP contribution is 2.22. The van der Waals surface area contributed by atoms with Crippen molar-refractivity contribution < 1.29 is 22.0 Å². The molecule has 0 aliphatic heterocycles. The van der Waals surface area contributed by atoms with Crippen LogP contribution in [0.25, 0.3) is 0 Å². The Bertz CT molecular complexity index is 1170. The fourth-order valence-corrected chi connectivity index (χ4v) is 3.95. The highest BCUT2D eigenvalue weighted by Gasteiger charge is 2.20. The van der Waals surface area contributed by atoms with Gasteiger partial charge in [-0.05, 0) is 60.9 Å². The van der Waals surface area contributed by atoms with Crippen LogP contribution in [0, 0.1) is 25.5 Å². The number of halogens is 2. The molecule has 156 valence electrons. The molecule has 5 nitrogen and oxygen atoms in total. The second kappa shape index (κ2) is 8.73. The lowest BCUT2D eigenvalue weighted by Crippen LogP contribution is -2.24. The average Bonchev–Trinajstić information content (AvgIpc) is 2.70. The molecule has 0 saturated carbocycles. The van der Waals surface area contributed by atoms with Gasteiger partial charge in [-0.25, -0.2) is 21.9 Å². The fraction of sp³-hybridized carbons (Fsp3) is 0.136. The maximum Gasteiger partial charge on any atom is 0.258 e. The Labute approximate surface area is 173 Å². The molecule has 2 N–H and O–H groups in total. The third kappa shape index (κ3) is 4.90. The summed E-state index contributed by atoms with van der Waals surface area (Å²) in [5.41, 5.74) is 2.31. The predicted molar refractivity (Wildman–Crippen MR) is 111 cm³/mol. The summed E-state index contributed by atoms with van der Waals surface area (Å²) in [6.07, 6.45) is 0. The lowest BCUT2D eigenvalue weighted by atomic mass is 10.1. The van der Waals surface area contributed by atoms with E-state index in [1.54, 1.807) is 26.0 Å². The molecule has 0 radical (unpaired) electrons. The van der Waals surface area contributed by atoms with Gasteiger partial charge in [0.1, 0.15) is 11.6 Å². The minimum absolute atomic E-state index is 0.0794. The van der Waals surface area contributed by atoms with Gasteiger partial charge in [0.15, 0.2) is 0 Å². The third-order valence-corrected chi connectivity index (χ3v) is 5.99. The lowest BCUT2D eigenvalue weighted by molar-refractivity contribution is 0.102. The number of hydrogen-bond donors (Lipinski definition) is 2. The molecule has 0 aliphatic carbocycles. The van der Waals surface area contributed by atoms with Crippen molar-refractivity contribution in [3.8, 4) is 0 Å². The van der Waals surface area contributed by atoms with Gasteiger partial charge < -0.3 is 5.32 Å². The van der Waals surface area contributed by atoms with Gasteiger partial charge in [0.05, 0.1) is 10.5 Å². The Morgan fingerprint density at radius 3 is 2.20 bits per heavy atom. The molecule has 0 spiro atoms. The standard InChI is InChI=1S/C22H20F2N2O3S/c1-14-4-3-5-15(2)21(14)26-22(27)19-12-18(10-11-20(19)24)30(28,29)25-13-16-6-8-17(23)9-7-16/h3-12,25H,13H2,1-2H3,(H,26,27). The van der Waals surface area contributed by atoms with E-state index in [9.17, 15) is 22.0 Å². The minimum atomic E-state index is -4.02. The number of para-hydroxylation sites is 1. The number of sulfonamides is 1. The molecule has 3 aromatic rings. The van der Waals surface area contributed by atoms with Crippen molar-refractivity contribution in [2.24, 2.45) is 0 Å². The van der Waals surface area contributed by atoms with Crippen molar-refractivity contribution in [1.29, 1.82) is 0 Å². The molecule has 8 heteroatoms. The van der Waals surface area contributed by atoms with Gasteiger partial charge in [0.2, 0.25) is 10.0 Å². The minimum Gasteiger partial charge on any atom is -0.321 e. The average molecular weight is 430 g/mol. The number of anilines is 1. The van der Waals surface area contributed by atoms with E-state index in [0.717, 1.165) is 29.3 Å². The number of rotatable bonds is 6. The summed E-state index contributed by atoms with van der Waals surface area (Å²) < 4.78 is 54.8. The Morgan fingerprint density at radius 1 is 0.933 bits per heavy atom. The summed E-state index contributed by atoms with van der Waals surface area (Å²) in [7, 11) is -4.02. The predicted octanol–water partition coefficient (Wildman–Crippen LogP) is 4.31. The lowest BCUT2D eigenvalue weighted by Gasteiger charge is -2.13. The Kier molecular flexibility index (Phi) is 6.28. The van der Waals surface area contributed by atoms with Crippen LogP contribution in [0.2, 0.25) is 0 Å². The Morgan fingerprint density at radius 2 is 1.57 bits per heavy atom. The monoisotopic (exact) mass is 430 g/mol. The van der Waals surface area contributed by atoms with E-state index in [2.05, 4.69) is 10.0 Å². The molecule has 0 bridgehead atoms. The van der Waals surface area contributed by atoms with Crippen molar-refractivity contribution in [3.05, 3.63) is 94.6 Å². The van der Waals surface area contributed by atoms with Crippen LogP contribution >= 0.6 is 0 Å². The first-order valence-electron chi connectivity index (χ1n) is 9.08. The third-order valence-electron chi connectivity index (χ3n) is 4.59. The van der Waals surface area contributed by atoms with Gasteiger partial charge in [-0.3, -0.25) is 4.79 Å². The summed E-state index contributed by atoms with van der Waals surface area (Å²) in [6, 6.07) is 13.8. The van der Waals surface area contributed by atoms with Crippen LogP contribution in [0.5, 0.6) is 0 Å². The first-order chi connectivity index (χ1) is 14.2. The van der Waals surface area contributed by atoms with E-state index in [1.807, 2.05) is 6.07 Å². The van der Waals surface area contributed by atoms with Crippen LogP contribution in [-0.4, -0.2) is 14.3 Å². The molecular formula is C22H20F2N2O3S. The van der Waals surface area contributed by atoms with E-state index >= 15 is 0 Å². The molecule has 3 rings (SSSR count). The first-order valence-corrected chi connectivity index (χ1v) is 10.6. The number of carbonyl (C=O) groups excluding carboxylic acids is 1. The summed E-state index contributed by atoms with van der Waals surface area (Å²) in [5.74, 6) is -2.02. The van der Waals surface area contributed by atoms with Crippen LogP contribution in [0.3, 0.4) is 0 Å². The molecular weight excluding hydrogens is 410 g/mol. The van der Waals surface area contributed by atoms with Gasteiger partial charge in [-0.1, -0.05) is 30.3 Å². The number of amides is 1. The Balaban J connectivity index is 1.83. The van der Waals surface area contributed by atoms with E-state index in [4.69, 9.17) is 0 Å². The zero-order chi connectivity index (χ0) is 21.9. The van der Waals surface area contributed by atoms with Crippen LogP contribution < -0.4 is 10.0 Å². The number of nitrogens with one attached hydrogen (secondary N) is 2. The van der Waals surface area contributed by atoms with E-state index in [-0.39, 0.29) is 17.0 Å². The highest BCUT2D eigenvalue weighted by atomic mass is 32.2. The molecule has 3 aromatic carbocycles. The molecule has 0 saturated heterocycles. The first kappa shape index (κ1) is 21.6. The van der Waals surface area contributed by atoms with E-state index in [0.29, 0.717) is 11.3 Å². The maximum atomic E-state index is 14.3. The maximum absolute atomic E-state index is 14.3. The SMILES string of the molecule is Cc1cccc(C)c1NC(=O)c1cc(S(=O)(=O)NCc2ccc(F)cc2)ccc1F. The largest absolute Gasteiger partial charge is 0.321 e. The van der Waals surface area contributed by atoms with Crippen molar-refractivity contribution in [2.45, 2.75) is 25.3 Å². The molecule has 0 unspecified atom stereocenters. The van der Waals surface area contributed by atoms with Crippen molar-refractivity contribution in [1.82, 2.24) is 4.72 Å². The topological polar surface area (TPSA) is 75.3 Å². The summed E-state index contributed by atoms with van der Waals surface area (Å²) in [5, 5.41) is 2.65. The van der Waals surface area contributed by atoms with Crippen LogP contribution in [0.1, 0.15) is 27.0 Å². The van der Waals surface area contributed by atoms with Crippen LogP contribution in [0.15, 0.2) is 65.6 Å². The van der Waals surface area contributed by atoms with Gasteiger partial charge in [-0.2, -0.15) is 0 Å². The van der Waals surface area contributed by atoms with Crippen molar-refractivity contribution in [3.63, 3.8) is 0 Å². The molecule has 0 heterocycles. The number of aryl methyl sites for hydroxylation is 2. The van der Waals surface area contributed by atoms with Gasteiger partial charge >= 0.3 is 0 Å². The Hall–Kier alpha value is -3.10. The molecule has 1 amide bonds. The number of carbonyl (C=O) groups is 1. The van der Waals surface area contributed by atoms with Gasteiger partial charge in [0.25, 0.3) is 5.91 Å². The fourth-order valence-electron chi connectivity index (χ4n) is 2.90. The van der Waals surface area contributed by atoms with Gasteiger partial charge in [0, 0.05) is 12.2 Å². The van der Waals surface area contributed by atoms with Crippen LogP contribution in [-0.2, 0) is 16.6 Å². The summed E-state index contributed by atoms with van der Waals surface area (Å²) in [6.45, 7) is 3.53. The smallest absolute Gasteiger partial charge is 0.258 e. The normalized spacial score (nSPS) is 11.3. The summed E-state index contributed by atoms with van der Waals surface area (Å²) in [4.78, 5) is 12.4. The number of benzene rings is 3. The molecule has 0 aromatic heterocycles. The molecule has 0 atom stereocenters. The molecule has 0 aliphatic rings. The van der Waals surface area contributed by atoms with Crippen molar-refractivity contribution in [2.75, 3.05) is 5.32 Å². The zero-order valence-electron chi connectivity index (χ0n) is 16.4. The number of hydrogen-bond acceptors (Lipinski definition) is 3. The van der Waals surface area contributed by atoms with Crippen LogP contribution in [0.4, 0.5) is 14.5 Å². The quantitative estimate of drug-likeness (QED) is 0.612. The second-order valence-electron chi connectivity index (χ2n) is 6.81. The second-order valence-corrected chi connectivity index (χ2v) is 8.58. The summed E-state index contributed by atoms with van der Waals surface area (Å²) >= 11 is 0. The molecule has 0 fully saturated rings. The van der Waals surface area contributed by atoms with Crippen molar-refractivity contribution >= 4 is 21.6 Å².